The molecule has 2 atom stereocenters. The van der Waals surface area contributed by atoms with Gasteiger partial charge in [-0.2, -0.15) is 26.3 Å². The van der Waals surface area contributed by atoms with Gasteiger partial charge in [-0.25, -0.2) is 21.6 Å². The highest BCUT2D eigenvalue weighted by molar-refractivity contribution is 7.89. The average Bonchev–Trinajstić information content (AvgIpc) is 3.45. The van der Waals surface area contributed by atoms with Gasteiger partial charge in [0.05, 0.1) is 17.7 Å². The fourth-order valence-corrected chi connectivity index (χ4v) is 6.13. The van der Waals surface area contributed by atoms with Crippen molar-refractivity contribution in [2.75, 3.05) is 25.1 Å². The van der Waals surface area contributed by atoms with E-state index in [-0.39, 0.29) is 5.69 Å². The summed E-state index contributed by atoms with van der Waals surface area (Å²) < 4.78 is 144. The van der Waals surface area contributed by atoms with E-state index in [0.717, 1.165) is 36.2 Å². The molecule has 2 aliphatic rings. The monoisotopic (exact) mass is 617 g/mol. The lowest BCUT2D eigenvalue weighted by molar-refractivity contribution is -0.553. The van der Waals surface area contributed by atoms with Crippen LogP contribution in [0.1, 0.15) is 31.7 Å². The molecule has 0 bridgehead atoms. The Morgan fingerprint density at radius 3 is 2.20 bits per heavy atom. The average molecular weight is 618 g/mol. The summed E-state index contributed by atoms with van der Waals surface area (Å²) >= 11 is 0. The molecule has 1 saturated carbocycles. The molecule has 1 heterocycles. The quantitative estimate of drug-likeness (QED) is 0.210. The number of alkyl halides is 7. The van der Waals surface area contributed by atoms with Crippen molar-refractivity contribution in [3.8, 4) is 5.75 Å². The van der Waals surface area contributed by atoms with E-state index in [1.54, 1.807) is 0 Å². The molecular weight excluding hydrogens is 594 g/mol. The number of fused-ring (bicyclic) bond motifs is 1. The summed E-state index contributed by atoms with van der Waals surface area (Å²) in [6.45, 7) is -1.29. The molecule has 0 radical (unpaired) electrons. The van der Waals surface area contributed by atoms with Gasteiger partial charge in [-0.15, -0.1) is 0 Å². The van der Waals surface area contributed by atoms with Crippen LogP contribution < -0.4 is 9.64 Å². The van der Waals surface area contributed by atoms with E-state index in [1.165, 1.54) is 0 Å². The minimum atomic E-state index is -5.25. The van der Waals surface area contributed by atoms with E-state index in [4.69, 9.17) is 4.74 Å². The van der Waals surface area contributed by atoms with Crippen molar-refractivity contribution in [1.29, 1.82) is 0 Å². The first-order chi connectivity index (χ1) is 18.7. The first-order valence-electron chi connectivity index (χ1n) is 12.0. The van der Waals surface area contributed by atoms with E-state index >= 15 is 0 Å². The predicted octanol–water partition coefficient (Wildman–Crippen LogP) is 5.85. The maximum absolute atomic E-state index is 14.2. The summed E-state index contributed by atoms with van der Waals surface area (Å²) in [6, 6.07) is 3.81. The van der Waals surface area contributed by atoms with Crippen LogP contribution in [0, 0.1) is 15.9 Å². The highest BCUT2D eigenvalue weighted by Crippen LogP contribution is 2.55. The molecule has 1 fully saturated rings. The molecule has 1 aliphatic heterocycles. The van der Waals surface area contributed by atoms with Gasteiger partial charge >= 0.3 is 17.6 Å². The number of ether oxygens (including phenoxy) is 1. The van der Waals surface area contributed by atoms with Crippen LogP contribution in [0.15, 0.2) is 41.3 Å². The van der Waals surface area contributed by atoms with Gasteiger partial charge in [0.25, 0.3) is 0 Å². The normalized spacial score (nSPS) is 24.0. The van der Waals surface area contributed by atoms with Crippen LogP contribution in [0.4, 0.5) is 46.5 Å². The van der Waals surface area contributed by atoms with Gasteiger partial charge in [-0.1, -0.05) is 0 Å². The standard InChI is InChI=1S/C24H23F8N3O5S/c1-21(26,27)8-7-16-11-34(15-5-3-14(25)4-6-15)18-9-17(24(30,31)32)19(10-20(18)41(38,39)33(16)2)40-13-22(35(36)37)12-23(22,28)29/h3-6,9-10,16H,7-8,11-13H2,1-2H3/t16-,22-/m0/s1. The molecule has 226 valence electrons. The van der Waals surface area contributed by atoms with Crippen molar-refractivity contribution in [3.63, 3.8) is 0 Å². The number of likely N-dealkylation sites (N-methyl/N-ethyl adjacent to an activating group) is 1. The van der Waals surface area contributed by atoms with E-state index in [9.17, 15) is 53.7 Å². The molecule has 17 heteroatoms. The summed E-state index contributed by atoms with van der Waals surface area (Å²) in [7, 11) is -3.70. The van der Waals surface area contributed by atoms with Gasteiger partial charge in [0.15, 0.2) is 6.61 Å². The Bertz CT molecular complexity index is 1450. The van der Waals surface area contributed by atoms with Crippen LogP contribution in [-0.2, 0) is 16.2 Å². The fraction of sp³-hybridized carbons (Fsp3) is 0.500. The van der Waals surface area contributed by atoms with Crippen LogP contribution >= 0.6 is 0 Å². The molecule has 4 rings (SSSR count). The minimum absolute atomic E-state index is 0.0260. The van der Waals surface area contributed by atoms with Crippen molar-refractivity contribution in [2.24, 2.45) is 0 Å². The number of rotatable bonds is 8. The molecule has 0 spiro atoms. The van der Waals surface area contributed by atoms with Crippen LogP contribution in [0.3, 0.4) is 0 Å². The van der Waals surface area contributed by atoms with Crippen LogP contribution in [0.5, 0.6) is 5.75 Å². The van der Waals surface area contributed by atoms with Gasteiger partial charge in [0.2, 0.25) is 15.9 Å². The Hall–Kier alpha value is -3.21. The van der Waals surface area contributed by atoms with E-state index < -0.39 is 105 Å². The zero-order valence-corrected chi connectivity index (χ0v) is 22.2. The highest BCUT2D eigenvalue weighted by atomic mass is 32.2. The number of halogens is 8. The largest absolute Gasteiger partial charge is 0.485 e. The maximum Gasteiger partial charge on any atom is 0.420 e. The van der Waals surface area contributed by atoms with E-state index in [0.29, 0.717) is 23.4 Å². The molecule has 0 amide bonds. The molecular formula is C24H23F8N3O5S. The van der Waals surface area contributed by atoms with Crippen molar-refractivity contribution in [3.05, 3.63) is 57.9 Å². The lowest BCUT2D eigenvalue weighted by atomic mass is 10.1. The van der Waals surface area contributed by atoms with Crippen molar-refractivity contribution in [2.45, 2.75) is 60.7 Å². The zero-order valence-electron chi connectivity index (χ0n) is 21.4. The maximum atomic E-state index is 14.2. The predicted molar refractivity (Wildman–Crippen MR) is 128 cm³/mol. The van der Waals surface area contributed by atoms with Gasteiger partial charge in [-0.3, -0.25) is 10.1 Å². The number of hydrogen-bond donors (Lipinski definition) is 0. The first-order valence-corrected chi connectivity index (χ1v) is 13.4. The number of anilines is 2. The van der Waals surface area contributed by atoms with Crippen molar-refractivity contribution < 1.29 is 53.2 Å². The Morgan fingerprint density at radius 2 is 1.71 bits per heavy atom. The molecule has 0 aromatic heterocycles. The van der Waals surface area contributed by atoms with Crippen LogP contribution in [0.25, 0.3) is 0 Å². The van der Waals surface area contributed by atoms with Gasteiger partial charge in [-0.05, 0) is 43.7 Å². The smallest absolute Gasteiger partial charge is 0.420 e. The summed E-state index contributed by atoms with van der Waals surface area (Å²) in [4.78, 5) is 10.2. The Labute approximate surface area is 228 Å². The number of hydrogen-bond acceptors (Lipinski definition) is 6. The molecule has 41 heavy (non-hydrogen) atoms. The van der Waals surface area contributed by atoms with Gasteiger partial charge in [0, 0.05) is 42.7 Å². The SMILES string of the molecule is CN1[C@@H](CCC(C)(F)F)CN(c2ccc(F)cc2)c2cc(C(F)(F)F)c(OC[C@@]3([N+](=O)[O-])CC3(F)F)cc2S1(=O)=O. The summed E-state index contributed by atoms with van der Waals surface area (Å²) in [5.41, 5.74) is -5.16. The number of sulfonamides is 1. The zero-order chi connectivity index (χ0) is 30.8. The third kappa shape index (κ3) is 5.78. The number of nitro groups is 1. The number of nitrogens with zero attached hydrogens (tertiary/aromatic N) is 3. The third-order valence-electron chi connectivity index (χ3n) is 7.16. The second-order valence-corrected chi connectivity index (χ2v) is 12.1. The molecule has 0 N–H and O–H groups in total. The summed E-state index contributed by atoms with van der Waals surface area (Å²) in [6.07, 6.45) is -7.73. The fourth-order valence-electron chi connectivity index (χ4n) is 4.57. The van der Waals surface area contributed by atoms with Gasteiger partial charge < -0.3 is 9.64 Å². The second kappa shape index (κ2) is 9.96. The van der Waals surface area contributed by atoms with Crippen LogP contribution in [0.2, 0.25) is 0 Å². The molecule has 8 nitrogen and oxygen atoms in total. The Balaban J connectivity index is 1.89. The summed E-state index contributed by atoms with van der Waals surface area (Å²) in [5.74, 6) is -9.03. The minimum Gasteiger partial charge on any atom is -0.485 e. The Kier molecular flexibility index (Phi) is 7.47. The van der Waals surface area contributed by atoms with E-state index in [1.807, 2.05) is 0 Å². The molecule has 2 aromatic carbocycles. The molecule has 0 saturated heterocycles. The topological polar surface area (TPSA) is 93.0 Å². The lowest BCUT2D eigenvalue weighted by Crippen LogP contribution is -2.41. The number of benzene rings is 2. The van der Waals surface area contributed by atoms with Gasteiger partial charge in [0.1, 0.15) is 16.5 Å². The highest BCUT2D eigenvalue weighted by Gasteiger charge is 2.83. The van der Waals surface area contributed by atoms with Crippen molar-refractivity contribution >= 4 is 21.4 Å². The van der Waals surface area contributed by atoms with E-state index in [2.05, 4.69) is 0 Å². The third-order valence-corrected chi connectivity index (χ3v) is 9.10. The lowest BCUT2D eigenvalue weighted by Gasteiger charge is -2.30. The first kappa shape index (κ1) is 30.7. The molecule has 0 unspecified atom stereocenters. The molecule has 1 aliphatic carbocycles. The van der Waals surface area contributed by atoms with Crippen LogP contribution in [-0.4, -0.2) is 61.3 Å². The molecule has 2 aromatic rings. The second-order valence-electron chi connectivity index (χ2n) is 10.1. The summed E-state index contributed by atoms with van der Waals surface area (Å²) in [5, 5.41) is 11.3. The Morgan fingerprint density at radius 1 is 1.12 bits per heavy atom. The van der Waals surface area contributed by atoms with Crippen molar-refractivity contribution in [1.82, 2.24) is 4.31 Å².